The fourth-order valence-electron chi connectivity index (χ4n) is 1.60. The van der Waals surface area contributed by atoms with Crippen molar-refractivity contribution in [3.8, 4) is 5.75 Å². The largest absolute Gasteiger partial charge is 0.435 e. The minimum absolute atomic E-state index is 0.0149. The zero-order valence-corrected chi connectivity index (χ0v) is 10.6. The average molecular weight is 284 g/mol. The molecule has 0 bridgehead atoms. The second-order valence-corrected chi connectivity index (χ2v) is 4.51. The Hall–Kier alpha value is -2.18. The highest BCUT2D eigenvalue weighted by atomic mass is 19.3. The summed E-state index contributed by atoms with van der Waals surface area (Å²) in [4.78, 5) is 22.8. The van der Waals surface area contributed by atoms with Gasteiger partial charge in [-0.15, -0.1) is 0 Å². The van der Waals surface area contributed by atoms with Crippen molar-refractivity contribution in [1.82, 2.24) is 10.9 Å². The molecular weight excluding hydrogens is 270 g/mol. The van der Waals surface area contributed by atoms with Crippen LogP contribution in [-0.4, -0.2) is 18.4 Å². The summed E-state index contributed by atoms with van der Waals surface area (Å²) < 4.78 is 28.1. The van der Waals surface area contributed by atoms with Crippen LogP contribution in [0.4, 0.5) is 8.78 Å². The molecule has 2 rings (SSSR count). The molecule has 0 unspecified atom stereocenters. The Bertz CT molecular complexity index is 487. The van der Waals surface area contributed by atoms with E-state index in [1.165, 1.54) is 24.3 Å². The molecule has 1 aromatic carbocycles. The quantitative estimate of drug-likeness (QED) is 0.803. The topological polar surface area (TPSA) is 67.4 Å². The van der Waals surface area contributed by atoms with Crippen LogP contribution in [-0.2, 0) is 16.0 Å². The van der Waals surface area contributed by atoms with Crippen molar-refractivity contribution in [2.24, 2.45) is 5.92 Å². The molecule has 7 heteroatoms. The number of halogens is 2. The van der Waals surface area contributed by atoms with Gasteiger partial charge in [0.1, 0.15) is 5.75 Å². The Morgan fingerprint density at radius 2 is 1.85 bits per heavy atom. The maximum Gasteiger partial charge on any atom is 0.387 e. The summed E-state index contributed by atoms with van der Waals surface area (Å²) in [5, 5.41) is 0. The third-order valence-electron chi connectivity index (χ3n) is 2.79. The predicted molar refractivity (Wildman–Crippen MR) is 65.8 cm³/mol. The first-order chi connectivity index (χ1) is 9.54. The van der Waals surface area contributed by atoms with Gasteiger partial charge in [0.25, 0.3) is 0 Å². The van der Waals surface area contributed by atoms with Crippen LogP contribution in [0.25, 0.3) is 0 Å². The molecule has 0 aliphatic heterocycles. The van der Waals surface area contributed by atoms with Gasteiger partial charge in [-0.2, -0.15) is 8.78 Å². The number of nitrogens with one attached hydrogen (secondary N) is 2. The van der Waals surface area contributed by atoms with E-state index in [-0.39, 0.29) is 29.9 Å². The smallest absolute Gasteiger partial charge is 0.387 e. The molecule has 1 aromatic rings. The molecule has 108 valence electrons. The Morgan fingerprint density at radius 1 is 1.20 bits per heavy atom. The number of carbonyl (C=O) groups is 2. The lowest BCUT2D eigenvalue weighted by molar-refractivity contribution is -0.129. The molecule has 5 nitrogen and oxygen atoms in total. The van der Waals surface area contributed by atoms with Crippen LogP contribution in [0.5, 0.6) is 5.75 Å². The van der Waals surface area contributed by atoms with E-state index in [0.29, 0.717) is 5.56 Å². The van der Waals surface area contributed by atoms with E-state index in [1.54, 1.807) is 0 Å². The van der Waals surface area contributed by atoms with Crippen LogP contribution < -0.4 is 15.6 Å². The van der Waals surface area contributed by atoms with Gasteiger partial charge in [-0.25, -0.2) is 0 Å². The first-order valence-corrected chi connectivity index (χ1v) is 6.17. The minimum atomic E-state index is -2.87. The monoisotopic (exact) mass is 284 g/mol. The third-order valence-corrected chi connectivity index (χ3v) is 2.79. The summed E-state index contributed by atoms with van der Waals surface area (Å²) >= 11 is 0. The van der Waals surface area contributed by atoms with Gasteiger partial charge >= 0.3 is 6.61 Å². The van der Waals surface area contributed by atoms with Gasteiger partial charge in [0, 0.05) is 5.92 Å². The molecule has 0 aromatic heterocycles. The van der Waals surface area contributed by atoms with E-state index < -0.39 is 6.61 Å². The minimum Gasteiger partial charge on any atom is -0.435 e. The van der Waals surface area contributed by atoms with Gasteiger partial charge < -0.3 is 4.74 Å². The Kier molecular flexibility index (Phi) is 4.49. The number of carbonyl (C=O) groups excluding carboxylic acids is 2. The Morgan fingerprint density at radius 3 is 2.40 bits per heavy atom. The van der Waals surface area contributed by atoms with Crippen LogP contribution in [0.1, 0.15) is 18.4 Å². The molecule has 0 atom stereocenters. The summed E-state index contributed by atoms with van der Waals surface area (Å²) in [6, 6.07) is 5.75. The fraction of sp³-hybridized carbons (Fsp3) is 0.385. The van der Waals surface area contributed by atoms with Crippen molar-refractivity contribution in [3.05, 3.63) is 29.8 Å². The number of amides is 2. The van der Waals surface area contributed by atoms with E-state index in [2.05, 4.69) is 15.6 Å². The second kappa shape index (κ2) is 6.31. The maximum absolute atomic E-state index is 12.0. The highest BCUT2D eigenvalue weighted by molar-refractivity contribution is 5.85. The number of ether oxygens (including phenoxy) is 1. The normalized spacial score (nSPS) is 13.9. The number of benzene rings is 1. The van der Waals surface area contributed by atoms with Crippen LogP contribution >= 0.6 is 0 Å². The van der Waals surface area contributed by atoms with E-state index in [1.807, 2.05) is 0 Å². The van der Waals surface area contributed by atoms with Crippen LogP contribution in [0.3, 0.4) is 0 Å². The van der Waals surface area contributed by atoms with Gasteiger partial charge in [-0.3, -0.25) is 20.4 Å². The molecule has 2 N–H and O–H groups in total. The van der Waals surface area contributed by atoms with E-state index in [4.69, 9.17) is 0 Å². The standard InChI is InChI=1S/C13H14F2N2O3/c14-13(15)20-10-5-1-8(2-6-10)7-11(18)16-17-12(19)9-3-4-9/h1-2,5-6,9,13H,3-4,7H2,(H,16,18)(H,17,19). The Balaban J connectivity index is 1.76. The van der Waals surface area contributed by atoms with Gasteiger partial charge in [-0.05, 0) is 30.5 Å². The van der Waals surface area contributed by atoms with Gasteiger partial charge in [-0.1, -0.05) is 12.1 Å². The van der Waals surface area contributed by atoms with Crippen LogP contribution in [0.15, 0.2) is 24.3 Å². The molecule has 1 aliphatic rings. The predicted octanol–water partition coefficient (Wildman–Crippen LogP) is 1.39. The summed E-state index contributed by atoms with van der Waals surface area (Å²) in [6.45, 7) is -2.87. The first-order valence-electron chi connectivity index (χ1n) is 6.17. The second-order valence-electron chi connectivity index (χ2n) is 4.51. The zero-order valence-electron chi connectivity index (χ0n) is 10.6. The molecule has 0 radical (unpaired) electrons. The van der Waals surface area contributed by atoms with Crippen LogP contribution in [0.2, 0.25) is 0 Å². The maximum atomic E-state index is 12.0. The number of rotatable bonds is 5. The lowest BCUT2D eigenvalue weighted by atomic mass is 10.1. The highest BCUT2D eigenvalue weighted by Crippen LogP contribution is 2.28. The molecule has 1 fully saturated rings. The molecule has 0 heterocycles. The van der Waals surface area contributed by atoms with Crippen molar-refractivity contribution in [2.75, 3.05) is 0 Å². The Labute approximate surface area is 114 Å². The van der Waals surface area contributed by atoms with Crippen molar-refractivity contribution in [3.63, 3.8) is 0 Å². The SMILES string of the molecule is O=C(Cc1ccc(OC(F)F)cc1)NNC(=O)C1CC1. The fourth-order valence-corrected chi connectivity index (χ4v) is 1.60. The molecule has 1 saturated carbocycles. The van der Waals surface area contributed by atoms with Crippen molar-refractivity contribution in [2.45, 2.75) is 25.9 Å². The number of hydrogen-bond donors (Lipinski definition) is 2. The van der Waals surface area contributed by atoms with Crippen molar-refractivity contribution < 1.29 is 23.1 Å². The number of hydrazine groups is 1. The lowest BCUT2D eigenvalue weighted by Crippen LogP contribution is -2.43. The van der Waals surface area contributed by atoms with Gasteiger partial charge in [0.05, 0.1) is 6.42 Å². The van der Waals surface area contributed by atoms with E-state index in [9.17, 15) is 18.4 Å². The lowest BCUT2D eigenvalue weighted by Gasteiger charge is -2.08. The van der Waals surface area contributed by atoms with Crippen LogP contribution in [0, 0.1) is 5.92 Å². The zero-order chi connectivity index (χ0) is 14.5. The summed E-state index contributed by atoms with van der Waals surface area (Å²) in [6.07, 6.45) is 1.75. The average Bonchev–Trinajstić information content (AvgIpc) is 3.22. The van der Waals surface area contributed by atoms with Gasteiger partial charge in [0.15, 0.2) is 0 Å². The third kappa shape index (κ3) is 4.49. The summed E-state index contributed by atoms with van der Waals surface area (Å²) in [5.74, 6) is -0.507. The highest BCUT2D eigenvalue weighted by Gasteiger charge is 2.29. The molecule has 20 heavy (non-hydrogen) atoms. The van der Waals surface area contributed by atoms with E-state index >= 15 is 0 Å². The molecule has 0 saturated heterocycles. The first kappa shape index (κ1) is 14.2. The number of alkyl halides is 2. The molecule has 1 aliphatic carbocycles. The summed E-state index contributed by atoms with van der Waals surface area (Å²) in [7, 11) is 0. The molecular formula is C13H14F2N2O3. The molecule has 0 spiro atoms. The molecule has 2 amide bonds. The van der Waals surface area contributed by atoms with Crippen molar-refractivity contribution >= 4 is 11.8 Å². The summed E-state index contributed by atoms with van der Waals surface area (Å²) in [5.41, 5.74) is 5.28. The van der Waals surface area contributed by atoms with Gasteiger partial charge in [0.2, 0.25) is 11.8 Å². The van der Waals surface area contributed by atoms with E-state index in [0.717, 1.165) is 12.8 Å². The number of hydrogen-bond acceptors (Lipinski definition) is 3. The van der Waals surface area contributed by atoms with Crippen molar-refractivity contribution in [1.29, 1.82) is 0 Å².